The van der Waals surface area contributed by atoms with E-state index in [-0.39, 0.29) is 23.7 Å². The Morgan fingerprint density at radius 2 is 1.46 bits per heavy atom. The molecule has 1 saturated heterocycles. The predicted molar refractivity (Wildman–Crippen MR) is 95.9 cm³/mol. The van der Waals surface area contributed by atoms with Crippen molar-refractivity contribution in [2.45, 2.75) is 19.3 Å². The summed E-state index contributed by atoms with van der Waals surface area (Å²) in [6, 6.07) is 13.3. The Morgan fingerprint density at radius 1 is 0.846 bits per heavy atom. The monoisotopic (exact) mass is 342 g/mol. The van der Waals surface area contributed by atoms with E-state index in [1.54, 1.807) is 12.1 Å². The molecule has 4 aliphatic carbocycles. The van der Waals surface area contributed by atoms with Gasteiger partial charge in [0, 0.05) is 10.8 Å². The fraction of sp³-hybridized carbons (Fsp3) is 0.409. The van der Waals surface area contributed by atoms with Crippen molar-refractivity contribution >= 4 is 28.3 Å². The molecule has 26 heavy (non-hydrogen) atoms. The van der Waals surface area contributed by atoms with E-state index in [1.165, 1.54) is 11.3 Å². The molecule has 128 valence electrons. The summed E-state index contributed by atoms with van der Waals surface area (Å²) in [5.41, 5.74) is 1.22. The number of hydrogen-bond donors (Lipinski definition) is 0. The Hall–Kier alpha value is -2.67. The van der Waals surface area contributed by atoms with Gasteiger partial charge in [0.15, 0.2) is 0 Å². The molecule has 0 spiro atoms. The van der Waals surface area contributed by atoms with Crippen LogP contribution in [0.25, 0.3) is 10.8 Å². The van der Waals surface area contributed by atoms with E-state index in [2.05, 4.69) is 6.07 Å². The van der Waals surface area contributed by atoms with Gasteiger partial charge in [-0.2, -0.15) is 5.26 Å². The van der Waals surface area contributed by atoms with Gasteiger partial charge in [-0.15, -0.1) is 0 Å². The van der Waals surface area contributed by atoms with E-state index < -0.39 is 0 Å². The van der Waals surface area contributed by atoms with Crippen LogP contribution < -0.4 is 4.90 Å². The maximum Gasteiger partial charge on any atom is 0.238 e. The Labute approximate surface area is 151 Å². The molecule has 5 fully saturated rings. The van der Waals surface area contributed by atoms with Crippen LogP contribution in [-0.2, 0) is 9.59 Å². The maximum absolute atomic E-state index is 13.3. The highest BCUT2D eigenvalue weighted by molar-refractivity contribution is 6.25. The SMILES string of the molecule is N#Cc1ccc(N2C(=O)C3C4CCC(C5CC54)C3C2=O)c2ccccc12. The fourth-order valence-electron chi connectivity index (χ4n) is 6.35. The Bertz CT molecular complexity index is 1000. The minimum Gasteiger partial charge on any atom is -0.274 e. The molecule has 0 radical (unpaired) electrons. The van der Waals surface area contributed by atoms with Crippen molar-refractivity contribution in [3.8, 4) is 6.07 Å². The van der Waals surface area contributed by atoms with Crippen molar-refractivity contribution in [1.82, 2.24) is 0 Å². The number of hydrogen-bond acceptors (Lipinski definition) is 3. The first-order valence-electron chi connectivity index (χ1n) is 9.50. The lowest BCUT2D eigenvalue weighted by atomic mass is 9.59. The van der Waals surface area contributed by atoms with Gasteiger partial charge >= 0.3 is 0 Å². The first-order valence-corrected chi connectivity index (χ1v) is 9.50. The molecule has 7 rings (SSSR count). The van der Waals surface area contributed by atoms with Crippen LogP contribution in [0.3, 0.4) is 0 Å². The Kier molecular flexibility index (Phi) is 2.64. The molecular weight excluding hydrogens is 324 g/mol. The van der Waals surface area contributed by atoms with Crippen LogP contribution >= 0.6 is 0 Å². The van der Waals surface area contributed by atoms with Crippen molar-refractivity contribution in [1.29, 1.82) is 5.26 Å². The Balaban J connectivity index is 1.51. The minimum absolute atomic E-state index is 0.00471. The normalized spacial score (nSPS) is 36.8. The van der Waals surface area contributed by atoms with Crippen LogP contribution in [0.1, 0.15) is 24.8 Å². The number of nitriles is 1. The van der Waals surface area contributed by atoms with Crippen molar-refractivity contribution in [2.24, 2.45) is 35.5 Å². The standard InChI is InChI=1S/C22H18N2O2/c23-10-11-5-8-18(13-4-2-1-3-12(11)13)24-21(25)19-14-6-7-15(17-9-16(14)17)20(19)22(24)26/h1-5,8,14-17,19-20H,6-7,9H2. The van der Waals surface area contributed by atoms with Crippen molar-refractivity contribution in [3.05, 3.63) is 42.0 Å². The van der Waals surface area contributed by atoms with Gasteiger partial charge < -0.3 is 0 Å². The second-order valence-electron chi connectivity index (χ2n) is 8.32. The average Bonchev–Trinajstić information content (AvgIpc) is 3.45. The van der Waals surface area contributed by atoms with Crippen LogP contribution in [0, 0.1) is 46.8 Å². The van der Waals surface area contributed by atoms with Crippen LogP contribution in [-0.4, -0.2) is 11.8 Å². The lowest BCUT2D eigenvalue weighted by Gasteiger charge is -2.42. The van der Waals surface area contributed by atoms with Crippen molar-refractivity contribution in [3.63, 3.8) is 0 Å². The molecule has 6 atom stereocenters. The second-order valence-corrected chi connectivity index (χ2v) is 8.32. The van der Waals surface area contributed by atoms with Gasteiger partial charge in [0.25, 0.3) is 0 Å². The molecule has 1 heterocycles. The lowest BCUT2D eigenvalue weighted by molar-refractivity contribution is -0.129. The predicted octanol–water partition coefficient (Wildman–Crippen LogP) is 3.49. The van der Waals surface area contributed by atoms with E-state index in [1.807, 2.05) is 24.3 Å². The minimum atomic E-state index is -0.112. The third kappa shape index (κ3) is 1.60. The van der Waals surface area contributed by atoms with E-state index in [9.17, 15) is 14.9 Å². The lowest BCUT2D eigenvalue weighted by Crippen LogP contribution is -2.43. The molecule has 2 aromatic carbocycles. The number of rotatable bonds is 1. The van der Waals surface area contributed by atoms with Crippen molar-refractivity contribution < 1.29 is 9.59 Å². The molecule has 0 aromatic heterocycles. The third-order valence-electron chi connectivity index (χ3n) is 7.41. The summed E-state index contributed by atoms with van der Waals surface area (Å²) < 4.78 is 0. The highest BCUT2D eigenvalue weighted by Gasteiger charge is 2.68. The van der Waals surface area contributed by atoms with E-state index in [0.29, 0.717) is 34.9 Å². The van der Waals surface area contributed by atoms with E-state index >= 15 is 0 Å². The highest BCUT2D eigenvalue weighted by Crippen LogP contribution is 2.68. The van der Waals surface area contributed by atoms with Gasteiger partial charge in [-0.05, 0) is 55.1 Å². The molecule has 2 bridgehead atoms. The van der Waals surface area contributed by atoms with Gasteiger partial charge in [0.1, 0.15) is 0 Å². The summed E-state index contributed by atoms with van der Waals surface area (Å²) in [6.07, 6.45) is 3.44. The number of anilines is 1. The molecule has 6 unspecified atom stereocenters. The van der Waals surface area contributed by atoms with Crippen LogP contribution in [0.4, 0.5) is 5.69 Å². The summed E-state index contributed by atoms with van der Waals surface area (Å²) in [5.74, 6) is 1.94. The highest BCUT2D eigenvalue weighted by atomic mass is 16.2. The molecule has 0 N–H and O–H groups in total. The second kappa shape index (κ2) is 4.73. The fourth-order valence-corrected chi connectivity index (χ4v) is 6.35. The van der Waals surface area contributed by atoms with E-state index in [4.69, 9.17) is 0 Å². The van der Waals surface area contributed by atoms with Gasteiger partial charge in [0.05, 0.1) is 29.2 Å². The molecular formula is C22H18N2O2. The van der Waals surface area contributed by atoms with Gasteiger partial charge in [0.2, 0.25) is 11.8 Å². The summed E-state index contributed by atoms with van der Waals surface area (Å²) >= 11 is 0. The van der Waals surface area contributed by atoms with Crippen molar-refractivity contribution in [2.75, 3.05) is 4.90 Å². The molecule has 5 aliphatic rings. The van der Waals surface area contributed by atoms with Crippen LogP contribution in [0.5, 0.6) is 0 Å². The first kappa shape index (κ1) is 14.5. The molecule has 2 amide bonds. The number of imide groups is 1. The summed E-state index contributed by atoms with van der Waals surface area (Å²) in [5, 5.41) is 11.0. The van der Waals surface area contributed by atoms with Crippen LogP contribution in [0.15, 0.2) is 36.4 Å². The quantitative estimate of drug-likeness (QED) is 0.745. The van der Waals surface area contributed by atoms with Crippen LogP contribution in [0.2, 0.25) is 0 Å². The van der Waals surface area contributed by atoms with E-state index in [0.717, 1.165) is 23.6 Å². The van der Waals surface area contributed by atoms with Gasteiger partial charge in [-0.3, -0.25) is 9.59 Å². The summed E-state index contributed by atoms with van der Waals surface area (Å²) in [6.45, 7) is 0. The number of amides is 2. The molecule has 4 saturated carbocycles. The summed E-state index contributed by atoms with van der Waals surface area (Å²) in [4.78, 5) is 28.1. The zero-order chi connectivity index (χ0) is 17.6. The number of carbonyl (C=O) groups is 2. The molecule has 1 aliphatic heterocycles. The number of fused-ring (bicyclic) bond motifs is 2. The Morgan fingerprint density at radius 3 is 2.08 bits per heavy atom. The van der Waals surface area contributed by atoms with Gasteiger partial charge in [-0.1, -0.05) is 24.3 Å². The molecule has 4 nitrogen and oxygen atoms in total. The zero-order valence-electron chi connectivity index (χ0n) is 14.3. The molecule has 2 aromatic rings. The summed E-state index contributed by atoms with van der Waals surface area (Å²) in [7, 11) is 0. The largest absolute Gasteiger partial charge is 0.274 e. The number of carbonyl (C=O) groups excluding carboxylic acids is 2. The molecule has 4 heteroatoms. The average molecular weight is 342 g/mol. The zero-order valence-corrected chi connectivity index (χ0v) is 14.3. The first-order chi connectivity index (χ1) is 12.7. The smallest absolute Gasteiger partial charge is 0.238 e. The topological polar surface area (TPSA) is 61.2 Å². The maximum atomic E-state index is 13.3. The number of nitrogens with zero attached hydrogens (tertiary/aromatic N) is 2. The van der Waals surface area contributed by atoms with Gasteiger partial charge in [-0.25, -0.2) is 4.90 Å². The number of benzene rings is 2. The third-order valence-corrected chi connectivity index (χ3v) is 7.41.